The van der Waals surface area contributed by atoms with Crippen LogP contribution in [0.1, 0.15) is 10.4 Å². The van der Waals surface area contributed by atoms with E-state index in [4.69, 9.17) is 4.74 Å². The van der Waals surface area contributed by atoms with Crippen LogP contribution in [0.25, 0.3) is 10.2 Å². The van der Waals surface area contributed by atoms with Crippen LogP contribution in [0.4, 0.5) is 10.8 Å². The smallest absolute Gasteiger partial charge is 0.337 e. The van der Waals surface area contributed by atoms with Gasteiger partial charge in [-0.2, -0.15) is 0 Å². The fourth-order valence-corrected chi connectivity index (χ4v) is 2.79. The lowest BCUT2D eigenvalue weighted by Crippen LogP contribution is -1.99. The summed E-state index contributed by atoms with van der Waals surface area (Å²) in [5, 5.41) is 4.05. The summed E-state index contributed by atoms with van der Waals surface area (Å²) in [6, 6.07) is 15.2. The lowest BCUT2D eigenvalue weighted by molar-refractivity contribution is 0.0601. The molecule has 1 aromatic heterocycles. The van der Waals surface area contributed by atoms with Gasteiger partial charge >= 0.3 is 5.97 Å². The third kappa shape index (κ3) is 2.48. The molecule has 0 aliphatic carbocycles. The first-order valence-corrected chi connectivity index (χ1v) is 6.89. The summed E-state index contributed by atoms with van der Waals surface area (Å²) >= 11 is 1.50. The first-order valence-electron chi connectivity index (χ1n) is 6.07. The summed E-state index contributed by atoms with van der Waals surface area (Å²) in [7, 11) is 1.38. The number of hydrogen-bond donors (Lipinski definition) is 1. The quantitative estimate of drug-likeness (QED) is 0.743. The van der Waals surface area contributed by atoms with E-state index in [1.165, 1.54) is 18.4 Å². The van der Waals surface area contributed by atoms with E-state index in [0.717, 1.165) is 21.0 Å². The van der Waals surface area contributed by atoms with E-state index in [1.807, 2.05) is 36.4 Å². The molecular formula is C15H12N2O2S. The van der Waals surface area contributed by atoms with E-state index in [-0.39, 0.29) is 5.97 Å². The average Bonchev–Trinajstić information content (AvgIpc) is 2.88. The second-order valence-corrected chi connectivity index (χ2v) is 5.21. The van der Waals surface area contributed by atoms with Gasteiger partial charge in [-0.1, -0.05) is 29.5 Å². The molecule has 0 atom stereocenters. The van der Waals surface area contributed by atoms with Gasteiger partial charge in [-0.05, 0) is 30.3 Å². The van der Waals surface area contributed by atoms with Crippen molar-refractivity contribution in [3.63, 3.8) is 0 Å². The van der Waals surface area contributed by atoms with Crippen molar-refractivity contribution < 1.29 is 9.53 Å². The second-order valence-electron chi connectivity index (χ2n) is 4.18. The van der Waals surface area contributed by atoms with Crippen molar-refractivity contribution in [2.45, 2.75) is 0 Å². The van der Waals surface area contributed by atoms with Crippen molar-refractivity contribution in [1.29, 1.82) is 0 Å². The highest BCUT2D eigenvalue weighted by Crippen LogP contribution is 2.29. The molecule has 20 heavy (non-hydrogen) atoms. The Labute approximate surface area is 120 Å². The van der Waals surface area contributed by atoms with Crippen LogP contribution in [0, 0.1) is 0 Å². The van der Waals surface area contributed by atoms with Gasteiger partial charge in [-0.25, -0.2) is 9.78 Å². The third-order valence-corrected chi connectivity index (χ3v) is 3.77. The Bertz CT molecular complexity index is 753. The number of fused-ring (bicyclic) bond motifs is 1. The minimum Gasteiger partial charge on any atom is -0.465 e. The predicted octanol–water partition coefficient (Wildman–Crippen LogP) is 3.83. The average molecular weight is 284 g/mol. The van der Waals surface area contributed by atoms with Crippen LogP contribution in [0.3, 0.4) is 0 Å². The van der Waals surface area contributed by atoms with E-state index in [2.05, 4.69) is 10.3 Å². The molecule has 0 spiro atoms. The minimum absolute atomic E-state index is 0.335. The van der Waals surface area contributed by atoms with Gasteiger partial charge < -0.3 is 10.1 Å². The Balaban J connectivity index is 1.92. The molecule has 0 aliphatic rings. The second kappa shape index (κ2) is 5.30. The Morgan fingerprint density at radius 2 is 2.00 bits per heavy atom. The molecule has 3 aromatic rings. The molecule has 2 aromatic carbocycles. The molecule has 0 unspecified atom stereocenters. The highest BCUT2D eigenvalue weighted by atomic mass is 32.1. The number of ether oxygens (including phenoxy) is 1. The maximum absolute atomic E-state index is 11.5. The number of methoxy groups -OCH3 is 1. The van der Waals surface area contributed by atoms with Gasteiger partial charge in [0, 0.05) is 5.69 Å². The third-order valence-electron chi connectivity index (χ3n) is 2.83. The Morgan fingerprint density at radius 3 is 2.75 bits per heavy atom. The number of anilines is 2. The number of rotatable bonds is 3. The molecule has 0 fully saturated rings. The van der Waals surface area contributed by atoms with E-state index < -0.39 is 0 Å². The largest absolute Gasteiger partial charge is 0.465 e. The number of aromatic nitrogens is 1. The van der Waals surface area contributed by atoms with Crippen molar-refractivity contribution in [2.24, 2.45) is 0 Å². The number of hydrogen-bond acceptors (Lipinski definition) is 5. The van der Waals surface area contributed by atoms with Crippen LogP contribution < -0.4 is 5.32 Å². The summed E-state index contributed by atoms with van der Waals surface area (Å²) in [6.45, 7) is 0. The van der Waals surface area contributed by atoms with Crippen molar-refractivity contribution in [2.75, 3.05) is 12.4 Å². The van der Waals surface area contributed by atoms with E-state index in [0.29, 0.717) is 5.56 Å². The number of nitrogens with zero attached hydrogens (tertiary/aromatic N) is 1. The number of esters is 1. The van der Waals surface area contributed by atoms with Gasteiger partial charge in [-0.3, -0.25) is 0 Å². The summed E-state index contributed by atoms with van der Waals surface area (Å²) < 4.78 is 5.67. The van der Waals surface area contributed by atoms with Crippen LogP contribution in [0.15, 0.2) is 48.5 Å². The molecular weight excluding hydrogens is 272 g/mol. The molecule has 0 radical (unpaired) electrons. The highest BCUT2D eigenvalue weighted by Gasteiger charge is 2.09. The lowest BCUT2D eigenvalue weighted by Gasteiger charge is -1.99. The molecule has 0 saturated heterocycles. The van der Waals surface area contributed by atoms with Gasteiger partial charge in [0.25, 0.3) is 0 Å². The van der Waals surface area contributed by atoms with E-state index >= 15 is 0 Å². The number of para-hydroxylation sites is 1. The Morgan fingerprint density at radius 1 is 1.20 bits per heavy atom. The fourth-order valence-electron chi connectivity index (χ4n) is 1.87. The fraction of sp³-hybridized carbons (Fsp3) is 0.0667. The SMILES string of the molecule is COC(=O)c1ccc2nc(Nc3ccccc3)sc2c1. The molecule has 1 N–H and O–H groups in total. The molecule has 3 rings (SSSR count). The monoisotopic (exact) mass is 284 g/mol. The minimum atomic E-state index is -0.335. The lowest BCUT2D eigenvalue weighted by atomic mass is 10.2. The topological polar surface area (TPSA) is 51.2 Å². The molecule has 0 amide bonds. The van der Waals surface area contributed by atoms with Gasteiger partial charge in [0.2, 0.25) is 0 Å². The van der Waals surface area contributed by atoms with Gasteiger partial charge in [0.15, 0.2) is 5.13 Å². The molecule has 1 heterocycles. The van der Waals surface area contributed by atoms with Crippen molar-refractivity contribution in [1.82, 2.24) is 4.98 Å². The zero-order valence-corrected chi connectivity index (χ0v) is 11.6. The van der Waals surface area contributed by atoms with Crippen molar-refractivity contribution in [3.8, 4) is 0 Å². The van der Waals surface area contributed by atoms with Crippen LogP contribution in [-0.2, 0) is 4.74 Å². The zero-order valence-electron chi connectivity index (χ0n) is 10.8. The summed E-state index contributed by atoms with van der Waals surface area (Å²) in [5.74, 6) is -0.335. The number of carbonyl (C=O) groups excluding carboxylic acids is 1. The van der Waals surface area contributed by atoms with Gasteiger partial charge in [-0.15, -0.1) is 0 Å². The number of nitrogens with one attached hydrogen (secondary N) is 1. The first kappa shape index (κ1) is 12.6. The normalized spacial score (nSPS) is 10.4. The summed E-state index contributed by atoms with van der Waals surface area (Å²) in [6.07, 6.45) is 0. The maximum atomic E-state index is 11.5. The molecule has 0 saturated carbocycles. The van der Waals surface area contributed by atoms with Crippen LogP contribution in [-0.4, -0.2) is 18.1 Å². The molecule has 0 aliphatic heterocycles. The zero-order chi connectivity index (χ0) is 13.9. The van der Waals surface area contributed by atoms with E-state index in [1.54, 1.807) is 12.1 Å². The Hall–Kier alpha value is -2.40. The Kier molecular flexibility index (Phi) is 3.35. The van der Waals surface area contributed by atoms with Crippen LogP contribution in [0.2, 0.25) is 0 Å². The van der Waals surface area contributed by atoms with Crippen molar-refractivity contribution >= 4 is 38.3 Å². The van der Waals surface area contributed by atoms with Crippen molar-refractivity contribution in [3.05, 3.63) is 54.1 Å². The first-order chi connectivity index (χ1) is 9.76. The molecule has 100 valence electrons. The van der Waals surface area contributed by atoms with Crippen LogP contribution in [0.5, 0.6) is 0 Å². The summed E-state index contributed by atoms with van der Waals surface area (Å²) in [4.78, 5) is 16.0. The van der Waals surface area contributed by atoms with E-state index in [9.17, 15) is 4.79 Å². The predicted molar refractivity (Wildman–Crippen MR) is 80.7 cm³/mol. The number of carbonyl (C=O) groups is 1. The van der Waals surface area contributed by atoms with Gasteiger partial charge in [0.05, 0.1) is 22.9 Å². The van der Waals surface area contributed by atoms with Crippen LogP contribution >= 0.6 is 11.3 Å². The highest BCUT2D eigenvalue weighted by molar-refractivity contribution is 7.22. The number of thiazole rings is 1. The standard InChI is InChI=1S/C15H12N2O2S/c1-19-14(18)10-7-8-12-13(9-10)20-15(17-12)16-11-5-3-2-4-6-11/h2-9H,1H3,(H,16,17). The molecule has 4 nitrogen and oxygen atoms in total. The molecule has 5 heteroatoms. The van der Waals surface area contributed by atoms with Gasteiger partial charge in [0.1, 0.15) is 0 Å². The number of benzene rings is 2. The summed E-state index contributed by atoms with van der Waals surface area (Å²) in [5.41, 5.74) is 2.38. The maximum Gasteiger partial charge on any atom is 0.337 e. The molecule has 0 bridgehead atoms.